The maximum Gasteiger partial charge on any atom is 0.199 e. The van der Waals surface area contributed by atoms with Gasteiger partial charge in [-0.05, 0) is 53.7 Å². The topological polar surface area (TPSA) is 68.3 Å². The highest BCUT2D eigenvalue weighted by Crippen LogP contribution is 2.66. The molecule has 27 heavy (non-hydrogen) atoms. The molecule has 0 aromatic rings. The lowest BCUT2D eigenvalue weighted by Gasteiger charge is -2.56. The van der Waals surface area contributed by atoms with Crippen LogP contribution in [0, 0.1) is 40.4 Å². The second-order valence-corrected chi connectivity index (χ2v) is 9.43. The highest BCUT2D eigenvalue weighted by atomic mass is 19.1. The van der Waals surface area contributed by atoms with Gasteiger partial charge in [-0.1, -0.05) is 26.8 Å². The minimum absolute atomic E-state index is 0.00414. The van der Waals surface area contributed by atoms with Crippen LogP contribution in [0.1, 0.15) is 40.0 Å². The number of aldehydes is 1. The zero-order valence-electron chi connectivity index (χ0n) is 15.9. The Morgan fingerprint density at radius 1 is 1.26 bits per heavy atom. The van der Waals surface area contributed by atoms with E-state index in [0.29, 0.717) is 11.9 Å². The number of hydrogen-bond acceptors (Lipinski definition) is 4. The molecule has 2 unspecified atom stereocenters. The van der Waals surface area contributed by atoms with Crippen LogP contribution in [-0.2, 0) is 19.2 Å². The summed E-state index contributed by atoms with van der Waals surface area (Å²) in [5.74, 6) is -1.67. The van der Waals surface area contributed by atoms with Gasteiger partial charge in [0.25, 0.3) is 0 Å². The molecule has 0 spiro atoms. The Morgan fingerprint density at radius 3 is 2.63 bits per heavy atom. The molecule has 4 aliphatic carbocycles. The van der Waals surface area contributed by atoms with E-state index < -0.39 is 28.7 Å². The highest BCUT2D eigenvalue weighted by Gasteiger charge is 2.65. The Balaban J connectivity index is 1.80. The Morgan fingerprint density at radius 2 is 1.96 bits per heavy atom. The van der Waals surface area contributed by atoms with Crippen LogP contribution in [0.3, 0.4) is 0 Å². The number of rotatable bonds is 2. The van der Waals surface area contributed by atoms with Gasteiger partial charge < -0.3 is 0 Å². The maximum atomic E-state index is 15.1. The normalized spacial score (nSPS) is 48.4. The maximum absolute atomic E-state index is 15.1. The van der Waals surface area contributed by atoms with E-state index >= 15 is 4.39 Å². The van der Waals surface area contributed by atoms with Gasteiger partial charge in [0.05, 0.1) is 0 Å². The lowest BCUT2D eigenvalue weighted by Crippen LogP contribution is -2.56. The van der Waals surface area contributed by atoms with Crippen molar-refractivity contribution in [2.24, 2.45) is 40.4 Å². The summed E-state index contributed by atoms with van der Waals surface area (Å²) in [7, 11) is 0. The van der Waals surface area contributed by atoms with Gasteiger partial charge in [-0.2, -0.15) is 0 Å². The van der Waals surface area contributed by atoms with Gasteiger partial charge >= 0.3 is 0 Å². The fraction of sp³-hybridized carbons (Fsp3) is 0.636. The number of carbonyl (C=O) groups is 4. The van der Waals surface area contributed by atoms with Crippen molar-refractivity contribution >= 4 is 23.6 Å². The van der Waals surface area contributed by atoms with E-state index in [1.807, 2.05) is 20.8 Å². The summed E-state index contributed by atoms with van der Waals surface area (Å²) < 4.78 is 15.1. The molecule has 0 heterocycles. The van der Waals surface area contributed by atoms with Crippen LogP contribution in [0.4, 0.5) is 4.39 Å². The molecule has 0 saturated heterocycles. The predicted molar refractivity (Wildman–Crippen MR) is 96.4 cm³/mol. The Hall–Kier alpha value is -1.91. The molecule has 4 rings (SSSR count). The SMILES string of the molecule is CC1C[C@H]2[C@@H]3CC(F)C4=CC(=O)C=C[C@]4(C)[C@H]3C(=O)C[C@]2(C)[C@H]1C(=O)C=O. The van der Waals surface area contributed by atoms with Crippen molar-refractivity contribution in [2.75, 3.05) is 0 Å². The van der Waals surface area contributed by atoms with Crippen LogP contribution in [-0.4, -0.2) is 29.8 Å². The Labute approximate surface area is 158 Å². The molecule has 5 heteroatoms. The monoisotopic (exact) mass is 372 g/mol. The number of ketones is 3. The molecule has 0 aromatic heterocycles. The summed E-state index contributed by atoms with van der Waals surface area (Å²) in [5.41, 5.74) is -0.967. The van der Waals surface area contributed by atoms with Crippen LogP contribution in [0.25, 0.3) is 0 Å². The molecular formula is C22H25FO4. The fourth-order valence-electron chi connectivity index (χ4n) is 7.09. The number of halogens is 1. The first-order valence-corrected chi connectivity index (χ1v) is 9.74. The van der Waals surface area contributed by atoms with Crippen LogP contribution in [0.2, 0.25) is 0 Å². The molecule has 144 valence electrons. The van der Waals surface area contributed by atoms with Crippen molar-refractivity contribution in [3.05, 3.63) is 23.8 Å². The van der Waals surface area contributed by atoms with Gasteiger partial charge in [0.2, 0.25) is 0 Å². The second kappa shape index (κ2) is 5.79. The van der Waals surface area contributed by atoms with Crippen LogP contribution in [0.5, 0.6) is 0 Å². The molecule has 4 nitrogen and oxygen atoms in total. The largest absolute Gasteiger partial charge is 0.299 e. The van der Waals surface area contributed by atoms with E-state index in [4.69, 9.17) is 0 Å². The second-order valence-electron chi connectivity index (χ2n) is 9.43. The van der Waals surface area contributed by atoms with Gasteiger partial charge in [-0.25, -0.2) is 4.39 Å². The number of hydrogen-bond donors (Lipinski definition) is 0. The molecule has 4 aliphatic rings. The van der Waals surface area contributed by atoms with E-state index in [1.54, 1.807) is 6.08 Å². The predicted octanol–water partition coefficient (Wildman–Crippen LogP) is 3.05. The molecule has 0 amide bonds. The molecule has 0 radical (unpaired) electrons. The zero-order chi connectivity index (χ0) is 19.7. The fourth-order valence-corrected chi connectivity index (χ4v) is 7.09. The van der Waals surface area contributed by atoms with Crippen molar-refractivity contribution in [1.82, 2.24) is 0 Å². The van der Waals surface area contributed by atoms with Gasteiger partial charge in [-0.15, -0.1) is 0 Å². The lowest BCUT2D eigenvalue weighted by molar-refractivity contribution is -0.148. The number of fused-ring (bicyclic) bond motifs is 5. The molecule has 3 saturated carbocycles. The first kappa shape index (κ1) is 18.5. The van der Waals surface area contributed by atoms with Crippen molar-refractivity contribution in [3.8, 4) is 0 Å². The van der Waals surface area contributed by atoms with Gasteiger partial charge in [0, 0.05) is 23.7 Å². The van der Waals surface area contributed by atoms with Crippen LogP contribution < -0.4 is 0 Å². The van der Waals surface area contributed by atoms with E-state index in [0.717, 1.165) is 6.42 Å². The third-order valence-electron chi connectivity index (χ3n) is 8.00. The number of alkyl halides is 1. The van der Waals surface area contributed by atoms with E-state index in [2.05, 4.69) is 0 Å². The van der Waals surface area contributed by atoms with E-state index in [1.165, 1.54) is 12.2 Å². The molecule has 8 atom stereocenters. The summed E-state index contributed by atoms with van der Waals surface area (Å²) in [6.07, 6.45) is 4.77. The average Bonchev–Trinajstić information content (AvgIpc) is 2.85. The minimum atomic E-state index is -1.27. The summed E-state index contributed by atoms with van der Waals surface area (Å²) in [5, 5.41) is 0. The summed E-state index contributed by atoms with van der Waals surface area (Å²) in [6.45, 7) is 5.75. The number of allylic oxidation sites excluding steroid dienone is 4. The molecule has 0 N–H and O–H groups in total. The van der Waals surface area contributed by atoms with E-state index in [9.17, 15) is 19.2 Å². The highest BCUT2D eigenvalue weighted by molar-refractivity contribution is 6.26. The van der Waals surface area contributed by atoms with Crippen LogP contribution in [0.15, 0.2) is 23.8 Å². The lowest BCUT2D eigenvalue weighted by atomic mass is 9.47. The standard InChI is InChI=1S/C22H25FO4/c1-11-6-14-13-8-16(23)15-7-12(25)4-5-21(15,2)20(13)17(26)9-22(14,3)19(11)18(27)10-24/h4-5,7,10-11,13-14,16,19-20H,6,8-9H2,1-3H3/t11?,13-,14-,16?,19+,20+,21-,22-/m0/s1. The first-order chi connectivity index (χ1) is 12.6. The third-order valence-corrected chi connectivity index (χ3v) is 8.00. The Kier molecular flexibility index (Phi) is 3.96. The van der Waals surface area contributed by atoms with Crippen LogP contribution >= 0.6 is 0 Å². The van der Waals surface area contributed by atoms with Gasteiger partial charge in [-0.3, -0.25) is 19.2 Å². The quantitative estimate of drug-likeness (QED) is 0.552. The summed E-state index contributed by atoms with van der Waals surface area (Å²) in [4.78, 5) is 48.6. The van der Waals surface area contributed by atoms with Crippen molar-refractivity contribution in [1.29, 1.82) is 0 Å². The minimum Gasteiger partial charge on any atom is -0.299 e. The first-order valence-electron chi connectivity index (χ1n) is 9.74. The number of carbonyl (C=O) groups excluding carboxylic acids is 4. The molecule has 3 fully saturated rings. The molecular weight excluding hydrogens is 347 g/mol. The third kappa shape index (κ3) is 2.33. The molecule has 0 bridgehead atoms. The smallest absolute Gasteiger partial charge is 0.199 e. The Bertz CT molecular complexity index is 811. The zero-order valence-corrected chi connectivity index (χ0v) is 15.9. The summed E-state index contributed by atoms with van der Waals surface area (Å²) in [6, 6.07) is 0. The van der Waals surface area contributed by atoms with Gasteiger partial charge in [0.15, 0.2) is 17.9 Å². The van der Waals surface area contributed by atoms with Crippen molar-refractivity contribution in [3.63, 3.8) is 0 Å². The summed E-state index contributed by atoms with van der Waals surface area (Å²) >= 11 is 0. The molecule has 0 aromatic carbocycles. The van der Waals surface area contributed by atoms with Crippen molar-refractivity contribution < 1.29 is 23.6 Å². The number of Topliss-reactive ketones (excluding diaryl/α,β-unsaturated/α-hetero) is 2. The van der Waals surface area contributed by atoms with E-state index in [-0.39, 0.29) is 48.1 Å². The van der Waals surface area contributed by atoms with Crippen molar-refractivity contribution in [2.45, 2.75) is 46.2 Å². The molecule has 0 aliphatic heterocycles. The van der Waals surface area contributed by atoms with Gasteiger partial charge in [0.1, 0.15) is 12.0 Å². The average molecular weight is 372 g/mol.